The first-order valence-corrected chi connectivity index (χ1v) is 10.1. The van der Waals surface area contributed by atoms with E-state index in [9.17, 15) is 18.4 Å². The summed E-state index contributed by atoms with van der Waals surface area (Å²) in [5.74, 6) is -1.42. The lowest BCUT2D eigenvalue weighted by molar-refractivity contribution is -0.123. The van der Waals surface area contributed by atoms with Gasteiger partial charge in [0.15, 0.2) is 0 Å². The van der Waals surface area contributed by atoms with E-state index in [4.69, 9.17) is 4.74 Å². The predicted octanol–water partition coefficient (Wildman–Crippen LogP) is 3.35. The highest BCUT2D eigenvalue weighted by atomic mass is 19.1. The molecule has 0 spiro atoms. The highest BCUT2D eigenvalue weighted by molar-refractivity contribution is 5.79. The van der Waals surface area contributed by atoms with Crippen LogP contribution in [0, 0.1) is 11.6 Å². The van der Waals surface area contributed by atoms with Crippen LogP contribution >= 0.6 is 0 Å². The molecule has 0 aromatic heterocycles. The van der Waals surface area contributed by atoms with Crippen molar-refractivity contribution < 1.29 is 23.1 Å². The number of nitrogens with one attached hydrogen (secondary N) is 2. The number of para-hydroxylation sites is 1. The lowest BCUT2D eigenvalue weighted by Gasteiger charge is -2.26. The molecule has 0 fully saturated rings. The minimum Gasteiger partial charge on any atom is -0.494 e. The summed E-state index contributed by atoms with van der Waals surface area (Å²) in [6.07, 6.45) is -0.0520. The Labute approximate surface area is 181 Å². The highest BCUT2D eigenvalue weighted by Crippen LogP contribution is 2.28. The number of rotatable bonds is 10. The Bertz CT molecular complexity index is 885. The molecule has 0 radical (unpaired) electrons. The van der Waals surface area contributed by atoms with Gasteiger partial charge in [0.25, 0.3) is 0 Å². The smallest absolute Gasteiger partial charge is 0.222 e. The fourth-order valence-electron chi connectivity index (χ4n) is 3.38. The van der Waals surface area contributed by atoms with Gasteiger partial charge in [-0.2, -0.15) is 0 Å². The number of likely N-dealkylation sites (N-methyl/N-ethyl adjacent to an activating group) is 1. The van der Waals surface area contributed by atoms with Crippen LogP contribution in [0.5, 0.6) is 5.75 Å². The SMILES string of the molecule is CCOc1ccccc1C(CC(=O)NCC(c1c(F)cccc1F)N(C)C)NC(C)=O. The molecule has 168 valence electrons. The maximum Gasteiger partial charge on any atom is 0.222 e. The first-order chi connectivity index (χ1) is 14.7. The van der Waals surface area contributed by atoms with Gasteiger partial charge in [0.1, 0.15) is 17.4 Å². The Morgan fingerprint density at radius 2 is 1.71 bits per heavy atom. The lowest BCUT2D eigenvalue weighted by atomic mass is 10.0. The fraction of sp³-hybridized carbons (Fsp3) is 0.391. The molecule has 2 unspecified atom stereocenters. The molecule has 0 heterocycles. The third kappa shape index (κ3) is 6.75. The van der Waals surface area contributed by atoms with Gasteiger partial charge in [-0.05, 0) is 39.2 Å². The standard InChI is InChI=1S/C23H29F2N3O3/c1-5-31-21-12-7-6-9-16(21)19(27-15(2)29)13-22(30)26-14-20(28(3)4)23-17(24)10-8-11-18(23)25/h6-12,19-20H,5,13-14H2,1-4H3,(H,26,30)(H,27,29). The van der Waals surface area contributed by atoms with E-state index in [2.05, 4.69) is 10.6 Å². The number of ether oxygens (including phenoxy) is 1. The monoisotopic (exact) mass is 433 g/mol. The Morgan fingerprint density at radius 3 is 2.29 bits per heavy atom. The molecular weight excluding hydrogens is 404 g/mol. The molecule has 6 nitrogen and oxygen atoms in total. The van der Waals surface area contributed by atoms with Crippen LogP contribution in [-0.4, -0.2) is 44.0 Å². The van der Waals surface area contributed by atoms with Gasteiger partial charge in [-0.15, -0.1) is 0 Å². The number of halogens is 2. The van der Waals surface area contributed by atoms with Gasteiger partial charge < -0.3 is 20.3 Å². The maximum atomic E-state index is 14.2. The fourth-order valence-corrected chi connectivity index (χ4v) is 3.38. The van der Waals surface area contributed by atoms with E-state index < -0.39 is 23.7 Å². The second-order valence-corrected chi connectivity index (χ2v) is 7.35. The maximum absolute atomic E-state index is 14.2. The Hall–Kier alpha value is -3.00. The van der Waals surface area contributed by atoms with E-state index in [0.29, 0.717) is 17.9 Å². The third-order valence-electron chi connectivity index (χ3n) is 4.81. The van der Waals surface area contributed by atoms with Crippen molar-refractivity contribution in [1.82, 2.24) is 15.5 Å². The van der Waals surface area contributed by atoms with Crippen molar-refractivity contribution in [2.45, 2.75) is 32.4 Å². The summed E-state index contributed by atoms with van der Waals surface area (Å²) in [6.45, 7) is 3.66. The summed E-state index contributed by atoms with van der Waals surface area (Å²) in [5.41, 5.74) is 0.576. The topological polar surface area (TPSA) is 70.7 Å². The van der Waals surface area contributed by atoms with Crippen LogP contribution in [0.2, 0.25) is 0 Å². The number of carbonyl (C=O) groups is 2. The molecule has 2 aromatic rings. The molecule has 0 saturated carbocycles. The van der Waals surface area contributed by atoms with Gasteiger partial charge in [0.2, 0.25) is 11.8 Å². The lowest BCUT2D eigenvalue weighted by Crippen LogP contribution is -2.38. The van der Waals surface area contributed by atoms with Crippen LogP contribution < -0.4 is 15.4 Å². The molecule has 0 aliphatic heterocycles. The van der Waals surface area contributed by atoms with Crippen molar-refractivity contribution >= 4 is 11.8 Å². The summed E-state index contributed by atoms with van der Waals surface area (Å²) in [7, 11) is 3.36. The Morgan fingerprint density at radius 1 is 1.06 bits per heavy atom. The van der Waals surface area contributed by atoms with E-state index in [0.717, 1.165) is 0 Å². The van der Waals surface area contributed by atoms with Gasteiger partial charge >= 0.3 is 0 Å². The van der Waals surface area contributed by atoms with E-state index in [1.165, 1.54) is 25.1 Å². The molecule has 2 N–H and O–H groups in total. The van der Waals surface area contributed by atoms with E-state index in [1.807, 2.05) is 13.0 Å². The minimum absolute atomic E-state index is 0.00356. The zero-order chi connectivity index (χ0) is 23.0. The molecule has 2 aromatic carbocycles. The van der Waals surface area contributed by atoms with Gasteiger partial charge in [-0.25, -0.2) is 8.78 Å². The van der Waals surface area contributed by atoms with Crippen molar-refractivity contribution in [2.75, 3.05) is 27.2 Å². The van der Waals surface area contributed by atoms with Crippen LogP contribution in [0.15, 0.2) is 42.5 Å². The Kier molecular flexibility index (Phi) is 8.93. The molecule has 0 aliphatic carbocycles. The minimum atomic E-state index is -0.694. The average molecular weight is 433 g/mol. The zero-order valence-electron chi connectivity index (χ0n) is 18.2. The zero-order valence-corrected chi connectivity index (χ0v) is 18.2. The highest BCUT2D eigenvalue weighted by Gasteiger charge is 2.25. The first-order valence-electron chi connectivity index (χ1n) is 10.1. The molecule has 2 atom stereocenters. The second-order valence-electron chi connectivity index (χ2n) is 7.35. The molecule has 2 amide bonds. The van der Waals surface area contributed by atoms with Crippen molar-refractivity contribution in [1.29, 1.82) is 0 Å². The van der Waals surface area contributed by atoms with E-state index >= 15 is 0 Å². The number of nitrogens with zero attached hydrogens (tertiary/aromatic N) is 1. The van der Waals surface area contributed by atoms with E-state index in [-0.39, 0.29) is 30.3 Å². The van der Waals surface area contributed by atoms with Crippen molar-refractivity contribution in [3.8, 4) is 5.75 Å². The Balaban J connectivity index is 2.16. The summed E-state index contributed by atoms with van der Waals surface area (Å²) >= 11 is 0. The number of amides is 2. The predicted molar refractivity (Wildman–Crippen MR) is 115 cm³/mol. The van der Waals surface area contributed by atoms with Gasteiger partial charge in [0, 0.05) is 24.6 Å². The normalized spacial score (nSPS) is 12.9. The number of hydrogen-bond acceptors (Lipinski definition) is 4. The van der Waals surface area contributed by atoms with Crippen LogP contribution in [0.25, 0.3) is 0 Å². The third-order valence-corrected chi connectivity index (χ3v) is 4.81. The van der Waals surface area contributed by atoms with Gasteiger partial charge in [-0.1, -0.05) is 24.3 Å². The van der Waals surface area contributed by atoms with Gasteiger partial charge in [0.05, 0.1) is 25.1 Å². The average Bonchev–Trinajstić information content (AvgIpc) is 2.69. The van der Waals surface area contributed by atoms with Crippen LogP contribution in [-0.2, 0) is 9.59 Å². The van der Waals surface area contributed by atoms with Crippen molar-refractivity contribution in [2.24, 2.45) is 0 Å². The van der Waals surface area contributed by atoms with Gasteiger partial charge in [-0.3, -0.25) is 9.59 Å². The molecule has 2 rings (SSSR count). The molecule has 31 heavy (non-hydrogen) atoms. The van der Waals surface area contributed by atoms with Crippen LogP contribution in [0.1, 0.15) is 43.5 Å². The molecule has 0 saturated heterocycles. The first kappa shape index (κ1) is 24.3. The summed E-state index contributed by atoms with van der Waals surface area (Å²) < 4.78 is 34.1. The summed E-state index contributed by atoms with van der Waals surface area (Å²) in [5, 5.41) is 5.51. The number of hydrogen-bond donors (Lipinski definition) is 2. The van der Waals surface area contributed by atoms with Crippen LogP contribution in [0.3, 0.4) is 0 Å². The molecule has 8 heteroatoms. The molecule has 0 aliphatic rings. The summed E-state index contributed by atoms with van der Waals surface area (Å²) in [6, 6.07) is 9.54. The van der Waals surface area contributed by atoms with Crippen molar-refractivity contribution in [3.63, 3.8) is 0 Å². The van der Waals surface area contributed by atoms with Crippen molar-refractivity contribution in [3.05, 3.63) is 65.2 Å². The largest absolute Gasteiger partial charge is 0.494 e. The number of benzene rings is 2. The molecule has 0 bridgehead atoms. The second kappa shape index (κ2) is 11.4. The van der Waals surface area contributed by atoms with Crippen LogP contribution in [0.4, 0.5) is 8.78 Å². The summed E-state index contributed by atoms with van der Waals surface area (Å²) in [4.78, 5) is 26.1. The number of carbonyl (C=O) groups excluding carboxylic acids is 2. The van der Waals surface area contributed by atoms with E-state index in [1.54, 1.807) is 37.2 Å². The molecular formula is C23H29F2N3O3. The quantitative estimate of drug-likeness (QED) is 0.603.